The third-order valence-electron chi connectivity index (χ3n) is 4.84. The Balaban J connectivity index is 2.28. The number of nitrogens with zero attached hydrogens (tertiary/aromatic N) is 2. The first-order valence-corrected chi connectivity index (χ1v) is 10.3. The number of anilines is 2. The smallest absolute Gasteiger partial charge is 0.265 e. The van der Waals surface area contributed by atoms with Crippen LogP contribution in [0.5, 0.6) is 0 Å². The van der Waals surface area contributed by atoms with Crippen LogP contribution in [0.2, 0.25) is 0 Å². The van der Waals surface area contributed by atoms with Gasteiger partial charge in [0.05, 0.1) is 13.2 Å². The van der Waals surface area contributed by atoms with E-state index in [2.05, 4.69) is 5.32 Å². The van der Waals surface area contributed by atoms with Gasteiger partial charge in [0.1, 0.15) is 12.6 Å². The van der Waals surface area contributed by atoms with Gasteiger partial charge < -0.3 is 20.7 Å². The quantitative estimate of drug-likeness (QED) is 0.551. The molecule has 1 saturated heterocycles. The fourth-order valence-electron chi connectivity index (χ4n) is 3.53. The third kappa shape index (κ3) is 7.14. The average Bonchev–Trinajstić information content (AvgIpc) is 2.67. The molecule has 1 heterocycles. The van der Waals surface area contributed by atoms with Gasteiger partial charge in [0.15, 0.2) is 0 Å². The lowest BCUT2D eigenvalue weighted by molar-refractivity contribution is -0.125. The highest BCUT2D eigenvalue weighted by atomic mass is 19.3. The van der Waals surface area contributed by atoms with E-state index in [1.54, 1.807) is 0 Å². The van der Waals surface area contributed by atoms with Gasteiger partial charge in [-0.3, -0.25) is 14.5 Å². The summed E-state index contributed by atoms with van der Waals surface area (Å²) in [4.78, 5) is 27.5. The number of amides is 2. The molecule has 11 heteroatoms. The molecule has 0 saturated carbocycles. The van der Waals surface area contributed by atoms with E-state index >= 15 is 0 Å². The average molecular weight is 462 g/mol. The van der Waals surface area contributed by atoms with E-state index in [0.29, 0.717) is 0 Å². The summed E-state index contributed by atoms with van der Waals surface area (Å²) in [5.41, 5.74) is 4.91. The van der Waals surface area contributed by atoms with Crippen molar-refractivity contribution >= 4 is 23.2 Å². The molecule has 180 valence electrons. The molecule has 0 radical (unpaired) electrons. The lowest BCUT2D eigenvalue weighted by Gasteiger charge is -2.35. The van der Waals surface area contributed by atoms with Gasteiger partial charge in [-0.15, -0.1) is 0 Å². The summed E-state index contributed by atoms with van der Waals surface area (Å²) < 4.78 is 58.8. The molecule has 0 unspecified atom stereocenters. The molecule has 7 nitrogen and oxygen atoms in total. The number of nitrogens with one attached hydrogen (secondary N) is 1. The number of rotatable bonds is 9. The molecule has 1 aromatic carbocycles. The minimum absolute atomic E-state index is 0.144. The van der Waals surface area contributed by atoms with Crippen LogP contribution in [0.25, 0.3) is 0 Å². The van der Waals surface area contributed by atoms with Gasteiger partial charge in [-0.25, -0.2) is 17.6 Å². The Bertz CT molecular complexity index is 802. The molecule has 0 aromatic heterocycles. The van der Waals surface area contributed by atoms with E-state index in [1.165, 1.54) is 21.9 Å². The van der Waals surface area contributed by atoms with Crippen molar-refractivity contribution < 1.29 is 31.9 Å². The fourth-order valence-corrected chi connectivity index (χ4v) is 3.53. The van der Waals surface area contributed by atoms with E-state index in [-0.39, 0.29) is 50.1 Å². The van der Waals surface area contributed by atoms with Crippen LogP contribution < -0.4 is 16.0 Å². The highest BCUT2D eigenvalue weighted by molar-refractivity contribution is 5.97. The van der Waals surface area contributed by atoms with Gasteiger partial charge in [0.2, 0.25) is 5.91 Å². The number of carbonyl (C=O) groups excluding carboxylic acids is 2. The van der Waals surface area contributed by atoms with Gasteiger partial charge in [0, 0.05) is 36.6 Å². The summed E-state index contributed by atoms with van der Waals surface area (Å²) in [6.45, 7) is 5.07. The second kappa shape index (κ2) is 11.1. The molecule has 1 aliphatic rings. The molecule has 1 aliphatic heterocycles. The molecule has 1 atom stereocenters. The Morgan fingerprint density at radius 1 is 1.28 bits per heavy atom. The van der Waals surface area contributed by atoms with Crippen molar-refractivity contribution in [1.82, 2.24) is 4.90 Å². The van der Waals surface area contributed by atoms with Crippen molar-refractivity contribution in [2.75, 3.05) is 49.6 Å². The minimum Gasteiger partial charge on any atom is -0.370 e. The van der Waals surface area contributed by atoms with Crippen LogP contribution in [0, 0.1) is 5.41 Å². The van der Waals surface area contributed by atoms with E-state index in [1.807, 2.05) is 20.8 Å². The van der Waals surface area contributed by atoms with E-state index < -0.39 is 42.3 Å². The van der Waals surface area contributed by atoms with Crippen LogP contribution in [-0.4, -0.2) is 68.6 Å². The predicted molar refractivity (Wildman–Crippen MR) is 113 cm³/mol. The number of carbonyl (C=O) groups is 2. The summed E-state index contributed by atoms with van der Waals surface area (Å²) >= 11 is 0. The molecule has 2 rings (SSSR count). The number of hydrogen-bond donors (Lipinski definition) is 2. The number of alkyl halides is 4. The maximum atomic E-state index is 13.7. The van der Waals surface area contributed by atoms with Gasteiger partial charge in [0.25, 0.3) is 18.8 Å². The number of morpholine rings is 1. The summed E-state index contributed by atoms with van der Waals surface area (Å²) in [5.74, 6) is -1.12. The predicted octanol–water partition coefficient (Wildman–Crippen LogP) is 2.87. The first kappa shape index (κ1) is 26.0. The van der Waals surface area contributed by atoms with Crippen molar-refractivity contribution in [2.45, 2.75) is 39.7 Å². The molecule has 0 spiro atoms. The second-order valence-corrected chi connectivity index (χ2v) is 8.79. The van der Waals surface area contributed by atoms with Gasteiger partial charge in [-0.05, 0) is 23.6 Å². The Hall–Kier alpha value is -2.24. The molecule has 32 heavy (non-hydrogen) atoms. The van der Waals surface area contributed by atoms with E-state index in [0.717, 1.165) is 6.07 Å². The zero-order valence-electron chi connectivity index (χ0n) is 18.4. The largest absolute Gasteiger partial charge is 0.370 e. The van der Waals surface area contributed by atoms with E-state index in [9.17, 15) is 27.2 Å². The molecular formula is C21H30F4N4O3. The van der Waals surface area contributed by atoms with Crippen molar-refractivity contribution in [3.8, 4) is 0 Å². The highest BCUT2D eigenvalue weighted by Gasteiger charge is 2.31. The standard InChI is InChI=1S/C21H30F4N4O3/c1-21(2,3)12-28(10-17(22)23)16(9-26)20(31)27-15-5-4-13(8-14(15)19(24)25)29-6-7-32-11-18(29)30/h4-5,8,16-17,19H,6-7,9-12,26H2,1-3H3,(H,27,31)/t16-/m1/s1. The van der Waals surface area contributed by atoms with Crippen LogP contribution in [0.3, 0.4) is 0 Å². The SMILES string of the molecule is CC(C)(C)CN(CC(F)F)[C@H](CN)C(=O)Nc1ccc(N2CCOCC2=O)cc1C(F)F. The first-order valence-electron chi connectivity index (χ1n) is 10.3. The third-order valence-corrected chi connectivity index (χ3v) is 4.84. The highest BCUT2D eigenvalue weighted by Crippen LogP contribution is 2.32. The van der Waals surface area contributed by atoms with Gasteiger partial charge in [-0.2, -0.15) is 0 Å². The Labute approximate surface area is 184 Å². The van der Waals surface area contributed by atoms with Crippen LogP contribution in [-0.2, 0) is 14.3 Å². The molecule has 0 bridgehead atoms. The molecule has 1 fully saturated rings. The van der Waals surface area contributed by atoms with Crippen molar-refractivity contribution in [1.29, 1.82) is 0 Å². The van der Waals surface area contributed by atoms with Gasteiger partial charge >= 0.3 is 0 Å². The Kier molecular flexibility index (Phi) is 8.99. The van der Waals surface area contributed by atoms with Crippen molar-refractivity contribution in [3.63, 3.8) is 0 Å². The molecule has 2 amide bonds. The lowest BCUT2D eigenvalue weighted by Crippen LogP contribution is -2.52. The van der Waals surface area contributed by atoms with Crippen molar-refractivity contribution in [3.05, 3.63) is 23.8 Å². The van der Waals surface area contributed by atoms with Crippen LogP contribution in [0.15, 0.2) is 18.2 Å². The number of nitrogens with two attached hydrogens (primary N) is 1. The van der Waals surface area contributed by atoms with Crippen LogP contribution in [0.1, 0.15) is 32.8 Å². The number of hydrogen-bond acceptors (Lipinski definition) is 5. The maximum absolute atomic E-state index is 13.7. The zero-order chi connectivity index (χ0) is 24.1. The van der Waals surface area contributed by atoms with Crippen LogP contribution >= 0.6 is 0 Å². The molecule has 3 N–H and O–H groups in total. The molecule has 1 aromatic rings. The topological polar surface area (TPSA) is 87.9 Å². The fraction of sp³-hybridized carbons (Fsp3) is 0.619. The molecule has 0 aliphatic carbocycles. The van der Waals surface area contributed by atoms with Gasteiger partial charge in [-0.1, -0.05) is 20.8 Å². The lowest BCUT2D eigenvalue weighted by atomic mass is 9.95. The Morgan fingerprint density at radius 3 is 2.50 bits per heavy atom. The Morgan fingerprint density at radius 2 is 1.97 bits per heavy atom. The van der Waals surface area contributed by atoms with Crippen molar-refractivity contribution in [2.24, 2.45) is 11.1 Å². The summed E-state index contributed by atoms with van der Waals surface area (Å²) in [6, 6.07) is 2.71. The van der Waals surface area contributed by atoms with E-state index in [4.69, 9.17) is 10.5 Å². The number of ether oxygens (including phenoxy) is 1. The summed E-state index contributed by atoms with van der Waals surface area (Å²) in [6.07, 6.45) is -5.63. The maximum Gasteiger partial charge on any atom is 0.265 e. The summed E-state index contributed by atoms with van der Waals surface area (Å²) in [7, 11) is 0. The normalized spacial score (nSPS) is 16.2. The monoisotopic (exact) mass is 462 g/mol. The first-order chi connectivity index (χ1) is 14.9. The second-order valence-electron chi connectivity index (χ2n) is 8.79. The number of benzene rings is 1. The zero-order valence-corrected chi connectivity index (χ0v) is 18.4. The minimum atomic E-state index is -2.94. The molecular weight excluding hydrogens is 432 g/mol. The van der Waals surface area contributed by atoms with Crippen LogP contribution in [0.4, 0.5) is 28.9 Å². The number of halogens is 4. The summed E-state index contributed by atoms with van der Waals surface area (Å²) in [5, 5.41) is 2.41.